The van der Waals surface area contributed by atoms with Crippen molar-refractivity contribution >= 4 is 12.1 Å². The highest BCUT2D eigenvalue weighted by molar-refractivity contribution is 5.85. The predicted molar refractivity (Wildman–Crippen MR) is 47.0 cm³/mol. The van der Waals surface area contributed by atoms with Crippen LogP contribution in [-0.4, -0.2) is 38.8 Å². The van der Waals surface area contributed by atoms with E-state index < -0.39 is 17.6 Å². The van der Waals surface area contributed by atoms with Crippen molar-refractivity contribution in [2.75, 3.05) is 0 Å². The summed E-state index contributed by atoms with van der Waals surface area (Å²) in [7, 11) is 0. The molecule has 0 spiro atoms. The van der Waals surface area contributed by atoms with Gasteiger partial charge in [-0.15, -0.1) is 0 Å². The largest absolute Gasteiger partial charge is 0.480 e. The van der Waals surface area contributed by atoms with Crippen molar-refractivity contribution in [1.82, 2.24) is 4.90 Å². The zero-order valence-corrected chi connectivity index (χ0v) is 8.15. The van der Waals surface area contributed by atoms with Crippen molar-refractivity contribution in [1.29, 1.82) is 0 Å². The van der Waals surface area contributed by atoms with Crippen LogP contribution >= 0.6 is 0 Å². The average Bonchev–Trinajstić information content (AvgIpc) is 2.53. The number of fused-ring (bicyclic) bond motifs is 1. The summed E-state index contributed by atoms with van der Waals surface area (Å²) in [5.74, 6) is -1.05. The van der Waals surface area contributed by atoms with E-state index in [1.807, 2.05) is 6.92 Å². The Morgan fingerprint density at radius 1 is 1.36 bits per heavy atom. The molecular weight excluding hydrogens is 186 g/mol. The number of aliphatic carboxylic acids is 1. The molecule has 1 saturated carbocycles. The molecule has 0 unspecified atom stereocenters. The van der Waals surface area contributed by atoms with Gasteiger partial charge in [0, 0.05) is 6.04 Å². The van der Waals surface area contributed by atoms with Gasteiger partial charge in [0.25, 0.3) is 0 Å². The number of carbonyl (C=O) groups is 2. The minimum absolute atomic E-state index is 0.0962. The fourth-order valence-corrected chi connectivity index (χ4v) is 2.71. The lowest BCUT2D eigenvalue weighted by Crippen LogP contribution is -2.52. The molecule has 1 heterocycles. The van der Waals surface area contributed by atoms with Crippen molar-refractivity contribution in [2.24, 2.45) is 5.41 Å². The van der Waals surface area contributed by atoms with Gasteiger partial charge in [-0.2, -0.15) is 0 Å². The number of carboxylic acid groups (broad SMARTS) is 2. The second-order valence-corrected chi connectivity index (χ2v) is 4.78. The minimum atomic E-state index is -1.23. The van der Waals surface area contributed by atoms with Gasteiger partial charge >= 0.3 is 12.1 Å². The highest BCUT2D eigenvalue weighted by atomic mass is 16.4. The number of rotatable bonds is 1. The van der Waals surface area contributed by atoms with E-state index in [0.29, 0.717) is 6.42 Å². The van der Waals surface area contributed by atoms with Crippen LogP contribution in [0.4, 0.5) is 4.79 Å². The predicted octanol–water partition coefficient (Wildman–Crippen LogP) is 0.992. The minimum Gasteiger partial charge on any atom is -0.480 e. The monoisotopic (exact) mass is 199 g/mol. The van der Waals surface area contributed by atoms with Crippen LogP contribution in [0.3, 0.4) is 0 Å². The molecule has 0 aromatic heterocycles. The van der Waals surface area contributed by atoms with Gasteiger partial charge in [0.05, 0.1) is 0 Å². The SMILES string of the molecule is C[C@]12C[C@H]1N(C(=O)O)[C@](C)(C(=O)O)C2. The molecule has 78 valence electrons. The number of piperidine rings is 1. The lowest BCUT2D eigenvalue weighted by molar-refractivity contribution is -0.148. The molecule has 2 aliphatic rings. The number of nitrogens with zero attached hydrogens (tertiary/aromatic N) is 1. The van der Waals surface area contributed by atoms with Gasteiger partial charge in [-0.3, -0.25) is 4.90 Å². The van der Waals surface area contributed by atoms with E-state index in [0.717, 1.165) is 11.3 Å². The van der Waals surface area contributed by atoms with Crippen LogP contribution in [0.15, 0.2) is 0 Å². The molecule has 1 aliphatic heterocycles. The summed E-state index contributed by atoms with van der Waals surface area (Å²) in [6, 6.07) is -0.0962. The lowest BCUT2D eigenvalue weighted by atomic mass is 9.91. The first-order valence-corrected chi connectivity index (χ1v) is 4.57. The van der Waals surface area contributed by atoms with Crippen molar-refractivity contribution in [3.05, 3.63) is 0 Å². The fourth-order valence-electron chi connectivity index (χ4n) is 2.71. The van der Waals surface area contributed by atoms with E-state index in [2.05, 4.69) is 0 Å². The quantitative estimate of drug-likeness (QED) is 0.660. The van der Waals surface area contributed by atoms with Crippen LogP contribution in [0, 0.1) is 5.41 Å². The summed E-state index contributed by atoms with van der Waals surface area (Å²) in [4.78, 5) is 23.1. The molecule has 0 aromatic carbocycles. The average molecular weight is 199 g/mol. The van der Waals surface area contributed by atoms with Gasteiger partial charge in [-0.25, -0.2) is 9.59 Å². The zero-order valence-electron chi connectivity index (χ0n) is 8.15. The van der Waals surface area contributed by atoms with Crippen LogP contribution in [0.5, 0.6) is 0 Å². The highest BCUT2D eigenvalue weighted by Gasteiger charge is 2.70. The Morgan fingerprint density at radius 3 is 2.29 bits per heavy atom. The number of hydrogen-bond donors (Lipinski definition) is 2. The summed E-state index contributed by atoms with van der Waals surface area (Å²) in [6.07, 6.45) is 0.0928. The third kappa shape index (κ3) is 0.895. The van der Waals surface area contributed by atoms with Crippen LogP contribution < -0.4 is 0 Å². The molecule has 3 atom stereocenters. The van der Waals surface area contributed by atoms with Crippen molar-refractivity contribution in [3.8, 4) is 0 Å². The third-order valence-electron chi connectivity index (χ3n) is 3.56. The Bertz CT molecular complexity index is 329. The molecule has 0 bridgehead atoms. The van der Waals surface area contributed by atoms with E-state index >= 15 is 0 Å². The van der Waals surface area contributed by atoms with E-state index in [4.69, 9.17) is 10.2 Å². The number of likely N-dealkylation sites (tertiary alicyclic amines) is 1. The molecule has 5 nitrogen and oxygen atoms in total. The second-order valence-electron chi connectivity index (χ2n) is 4.78. The molecule has 0 radical (unpaired) electrons. The van der Waals surface area contributed by atoms with Crippen molar-refractivity contribution in [3.63, 3.8) is 0 Å². The lowest BCUT2D eigenvalue weighted by Gasteiger charge is -2.31. The van der Waals surface area contributed by atoms with Crippen molar-refractivity contribution < 1.29 is 19.8 Å². The molecule has 5 heteroatoms. The number of amides is 1. The molecular formula is C9H13NO4. The fraction of sp³-hybridized carbons (Fsp3) is 0.778. The Kier molecular flexibility index (Phi) is 1.47. The maximum absolute atomic E-state index is 11.0. The molecule has 2 fully saturated rings. The molecule has 1 amide bonds. The van der Waals surface area contributed by atoms with Crippen LogP contribution in [-0.2, 0) is 4.79 Å². The Hall–Kier alpha value is -1.26. The molecule has 2 N–H and O–H groups in total. The summed E-state index contributed by atoms with van der Waals surface area (Å²) in [6.45, 7) is 3.43. The smallest absolute Gasteiger partial charge is 0.408 e. The highest BCUT2D eigenvalue weighted by Crippen LogP contribution is 2.62. The van der Waals surface area contributed by atoms with E-state index in [-0.39, 0.29) is 11.5 Å². The Morgan fingerprint density at radius 2 is 1.93 bits per heavy atom. The normalized spacial score (nSPS) is 44.7. The second kappa shape index (κ2) is 2.21. The van der Waals surface area contributed by atoms with Gasteiger partial charge in [0.2, 0.25) is 0 Å². The van der Waals surface area contributed by atoms with E-state index in [9.17, 15) is 9.59 Å². The van der Waals surface area contributed by atoms with Gasteiger partial charge in [-0.1, -0.05) is 6.92 Å². The summed E-state index contributed by atoms with van der Waals surface area (Å²) < 4.78 is 0. The molecule has 1 aliphatic carbocycles. The first kappa shape index (κ1) is 9.30. The maximum atomic E-state index is 11.0. The summed E-state index contributed by atoms with van der Waals surface area (Å²) >= 11 is 0. The molecule has 2 rings (SSSR count). The topological polar surface area (TPSA) is 77.8 Å². The summed E-state index contributed by atoms with van der Waals surface area (Å²) in [5.41, 5.74) is -1.34. The number of hydrogen-bond acceptors (Lipinski definition) is 2. The zero-order chi connectivity index (χ0) is 10.7. The third-order valence-corrected chi connectivity index (χ3v) is 3.56. The van der Waals surface area contributed by atoms with Gasteiger partial charge in [0.15, 0.2) is 0 Å². The van der Waals surface area contributed by atoms with E-state index in [1.54, 1.807) is 0 Å². The van der Waals surface area contributed by atoms with Gasteiger partial charge < -0.3 is 10.2 Å². The molecule has 1 saturated heterocycles. The van der Waals surface area contributed by atoms with Crippen LogP contribution in [0.1, 0.15) is 26.7 Å². The number of carboxylic acids is 1. The van der Waals surface area contributed by atoms with Crippen molar-refractivity contribution in [2.45, 2.75) is 38.3 Å². The first-order chi connectivity index (χ1) is 6.31. The molecule has 14 heavy (non-hydrogen) atoms. The Labute approximate surface area is 81.3 Å². The maximum Gasteiger partial charge on any atom is 0.408 e. The van der Waals surface area contributed by atoms with Crippen LogP contribution in [0.25, 0.3) is 0 Å². The Balaban J connectivity index is 2.36. The van der Waals surface area contributed by atoms with E-state index in [1.165, 1.54) is 6.92 Å². The summed E-state index contributed by atoms with van der Waals surface area (Å²) in [5, 5.41) is 18.0. The first-order valence-electron chi connectivity index (χ1n) is 4.57. The standard InChI is InChI=1S/C9H13NO4/c1-8-3-5(8)10(7(13)14)9(2,4-8)6(11)12/h5H,3-4H2,1-2H3,(H,11,12)(H,13,14)/t5-,8-,9+/m1/s1. The van der Waals surface area contributed by atoms with Gasteiger partial charge in [0.1, 0.15) is 5.54 Å². The van der Waals surface area contributed by atoms with Crippen LogP contribution in [0.2, 0.25) is 0 Å². The van der Waals surface area contributed by atoms with Gasteiger partial charge in [-0.05, 0) is 25.2 Å². The molecule has 0 aromatic rings.